The van der Waals surface area contributed by atoms with Gasteiger partial charge in [0.05, 0.1) is 35.4 Å². The molecule has 1 fully saturated rings. The van der Waals surface area contributed by atoms with Crippen molar-refractivity contribution in [2.45, 2.75) is 51.9 Å². The number of nitrogens with zero attached hydrogens (tertiary/aromatic N) is 4. The highest BCUT2D eigenvalue weighted by Crippen LogP contribution is 2.30. The zero-order chi connectivity index (χ0) is 19.6. The lowest BCUT2D eigenvalue weighted by Gasteiger charge is -2.37. The van der Waals surface area contributed by atoms with Crippen molar-refractivity contribution in [1.82, 2.24) is 9.97 Å². The van der Waals surface area contributed by atoms with Gasteiger partial charge in [0.15, 0.2) is 11.7 Å². The number of hydrogen-bond acceptors (Lipinski definition) is 7. The highest BCUT2D eigenvalue weighted by atomic mass is 16.5. The highest BCUT2D eigenvalue weighted by Gasteiger charge is 2.33. The van der Waals surface area contributed by atoms with Gasteiger partial charge in [0.2, 0.25) is 0 Å². The molecule has 7 nitrogen and oxygen atoms in total. The van der Waals surface area contributed by atoms with Crippen LogP contribution in [0.3, 0.4) is 0 Å². The van der Waals surface area contributed by atoms with Crippen LogP contribution in [-0.4, -0.2) is 47.3 Å². The molecular formula is C20H24N4O3. The summed E-state index contributed by atoms with van der Waals surface area (Å²) in [4.78, 5) is 24.0. The predicted octanol–water partition coefficient (Wildman–Crippen LogP) is 2.80. The topological polar surface area (TPSA) is 88.3 Å². The summed E-state index contributed by atoms with van der Waals surface area (Å²) < 4.78 is 11.1. The Hall–Kier alpha value is -2.72. The molecule has 0 amide bonds. The smallest absolute Gasteiger partial charge is 0.329 e. The average Bonchev–Trinajstić information content (AvgIpc) is 2.60. The molecule has 7 heteroatoms. The van der Waals surface area contributed by atoms with Crippen molar-refractivity contribution in [3.05, 3.63) is 30.0 Å². The Bertz CT molecular complexity index is 867. The first-order chi connectivity index (χ1) is 12.9. The van der Waals surface area contributed by atoms with Crippen molar-refractivity contribution < 1.29 is 14.3 Å². The number of carbonyl (C=O) groups is 1. The molecule has 0 bridgehead atoms. The second kappa shape index (κ2) is 7.89. The molecule has 1 aliphatic rings. The van der Waals surface area contributed by atoms with Gasteiger partial charge in [0.1, 0.15) is 5.69 Å². The van der Waals surface area contributed by atoms with Crippen LogP contribution in [0, 0.1) is 11.3 Å². The van der Waals surface area contributed by atoms with Gasteiger partial charge in [-0.05, 0) is 39.8 Å². The van der Waals surface area contributed by atoms with E-state index in [0.717, 1.165) is 5.52 Å². The molecule has 0 radical (unpaired) electrons. The van der Waals surface area contributed by atoms with Gasteiger partial charge in [-0.1, -0.05) is 12.1 Å². The van der Waals surface area contributed by atoms with Gasteiger partial charge in [0, 0.05) is 13.1 Å². The van der Waals surface area contributed by atoms with Gasteiger partial charge in [-0.15, -0.1) is 0 Å². The maximum atomic E-state index is 12.5. The molecular weight excluding hydrogens is 344 g/mol. The van der Waals surface area contributed by atoms with Crippen LogP contribution in [0.15, 0.2) is 24.3 Å². The Balaban J connectivity index is 2.11. The summed E-state index contributed by atoms with van der Waals surface area (Å²) in [6, 6.07) is 9.49. The molecule has 1 aliphatic heterocycles. The molecule has 142 valence electrons. The third-order valence-electron chi connectivity index (χ3n) is 4.29. The second-order valence-electron chi connectivity index (χ2n) is 7.13. The Morgan fingerprint density at radius 2 is 1.81 bits per heavy atom. The number of esters is 1. The molecule has 0 N–H and O–H groups in total. The first-order valence-corrected chi connectivity index (χ1v) is 9.16. The maximum Gasteiger partial charge on any atom is 0.329 e. The minimum atomic E-state index is -1.13. The summed E-state index contributed by atoms with van der Waals surface area (Å²) in [5, 5.41) is 9.70. The summed E-state index contributed by atoms with van der Waals surface area (Å²) in [7, 11) is 0. The molecule has 27 heavy (non-hydrogen) atoms. The fourth-order valence-electron chi connectivity index (χ4n) is 3.31. The lowest BCUT2D eigenvalue weighted by atomic mass is 10.1. The summed E-state index contributed by atoms with van der Waals surface area (Å²) in [6.07, 6.45) is -0.287. The van der Waals surface area contributed by atoms with E-state index in [2.05, 4.69) is 11.1 Å². The fourth-order valence-corrected chi connectivity index (χ4v) is 3.31. The van der Waals surface area contributed by atoms with E-state index in [1.54, 1.807) is 13.8 Å². The van der Waals surface area contributed by atoms with E-state index in [9.17, 15) is 10.1 Å². The molecule has 1 saturated heterocycles. The lowest BCUT2D eigenvalue weighted by molar-refractivity contribution is -0.147. The standard InChI is InChI=1S/C20H24N4O3/c1-12(2)26-20(25)15(9-21)18-19(24-10-13(3)27-14(4)11-24)23-17-8-6-5-7-16(17)22-18/h5-8,12-15H,10-11H2,1-4H3/t13-,14-,15+/m0/s1. The van der Waals surface area contributed by atoms with Crippen LogP contribution in [-0.2, 0) is 14.3 Å². The average molecular weight is 368 g/mol. The third kappa shape index (κ3) is 4.17. The van der Waals surface area contributed by atoms with E-state index < -0.39 is 11.9 Å². The van der Waals surface area contributed by atoms with Crippen LogP contribution in [0.5, 0.6) is 0 Å². The second-order valence-corrected chi connectivity index (χ2v) is 7.13. The maximum absolute atomic E-state index is 12.5. The molecule has 0 aliphatic carbocycles. The Kier molecular flexibility index (Phi) is 5.57. The minimum absolute atomic E-state index is 0.0121. The van der Waals surface area contributed by atoms with Gasteiger partial charge in [-0.3, -0.25) is 4.79 Å². The molecule has 0 unspecified atom stereocenters. The van der Waals surface area contributed by atoms with Crippen LogP contribution in [0.4, 0.5) is 5.82 Å². The van der Waals surface area contributed by atoms with E-state index in [1.807, 2.05) is 43.0 Å². The molecule has 2 aromatic rings. The largest absolute Gasteiger partial charge is 0.462 e. The third-order valence-corrected chi connectivity index (χ3v) is 4.29. The number of benzene rings is 1. The molecule has 3 atom stereocenters. The molecule has 2 heterocycles. The lowest BCUT2D eigenvalue weighted by Crippen LogP contribution is -2.46. The minimum Gasteiger partial charge on any atom is -0.462 e. The van der Waals surface area contributed by atoms with Crippen molar-refractivity contribution in [3.8, 4) is 6.07 Å². The number of para-hydroxylation sites is 2. The van der Waals surface area contributed by atoms with Gasteiger partial charge < -0.3 is 14.4 Å². The zero-order valence-electron chi connectivity index (χ0n) is 16.0. The number of hydrogen-bond donors (Lipinski definition) is 0. The fraction of sp³-hybridized carbons (Fsp3) is 0.500. The number of carbonyl (C=O) groups excluding carboxylic acids is 1. The van der Waals surface area contributed by atoms with Gasteiger partial charge in [-0.2, -0.15) is 5.26 Å². The zero-order valence-corrected chi connectivity index (χ0v) is 16.0. The van der Waals surface area contributed by atoms with Crippen LogP contribution in [0.2, 0.25) is 0 Å². The number of ether oxygens (including phenoxy) is 2. The first-order valence-electron chi connectivity index (χ1n) is 9.16. The first kappa shape index (κ1) is 19.1. The number of anilines is 1. The summed E-state index contributed by atoms with van der Waals surface area (Å²) in [6.45, 7) is 8.72. The monoisotopic (exact) mass is 368 g/mol. The molecule has 3 rings (SSSR count). The van der Waals surface area contributed by atoms with Gasteiger partial charge in [-0.25, -0.2) is 9.97 Å². The molecule has 1 aromatic carbocycles. The van der Waals surface area contributed by atoms with Crippen molar-refractivity contribution in [2.24, 2.45) is 0 Å². The van der Waals surface area contributed by atoms with Crippen molar-refractivity contribution in [3.63, 3.8) is 0 Å². The predicted molar refractivity (Wildman–Crippen MR) is 101 cm³/mol. The Morgan fingerprint density at radius 3 is 2.37 bits per heavy atom. The molecule has 0 saturated carbocycles. The van der Waals surface area contributed by atoms with Crippen LogP contribution in [0.1, 0.15) is 39.3 Å². The summed E-state index contributed by atoms with van der Waals surface area (Å²) in [5.74, 6) is -1.19. The number of rotatable bonds is 4. The Morgan fingerprint density at radius 1 is 1.22 bits per heavy atom. The van der Waals surface area contributed by atoms with E-state index in [1.165, 1.54) is 0 Å². The number of aromatic nitrogens is 2. The van der Waals surface area contributed by atoms with Crippen LogP contribution in [0.25, 0.3) is 11.0 Å². The normalized spacial score (nSPS) is 21.1. The van der Waals surface area contributed by atoms with Crippen molar-refractivity contribution >= 4 is 22.8 Å². The van der Waals surface area contributed by atoms with E-state index in [4.69, 9.17) is 14.5 Å². The molecule has 0 spiro atoms. The van der Waals surface area contributed by atoms with Crippen molar-refractivity contribution in [2.75, 3.05) is 18.0 Å². The quantitative estimate of drug-likeness (QED) is 0.767. The van der Waals surface area contributed by atoms with Crippen molar-refractivity contribution in [1.29, 1.82) is 5.26 Å². The Labute approximate surface area is 158 Å². The van der Waals surface area contributed by atoms with Gasteiger partial charge >= 0.3 is 5.97 Å². The highest BCUT2D eigenvalue weighted by molar-refractivity contribution is 5.85. The number of nitriles is 1. The van der Waals surface area contributed by atoms with Gasteiger partial charge in [0.25, 0.3) is 0 Å². The summed E-state index contributed by atoms with van der Waals surface area (Å²) in [5.41, 5.74) is 1.70. The summed E-state index contributed by atoms with van der Waals surface area (Å²) >= 11 is 0. The number of fused-ring (bicyclic) bond motifs is 1. The van der Waals surface area contributed by atoms with E-state index in [0.29, 0.717) is 30.1 Å². The van der Waals surface area contributed by atoms with E-state index >= 15 is 0 Å². The molecule has 1 aromatic heterocycles. The van der Waals surface area contributed by atoms with E-state index in [-0.39, 0.29) is 18.3 Å². The SMILES string of the molecule is CC(C)OC(=O)[C@H](C#N)c1nc2ccccc2nc1N1C[C@H](C)O[C@@H](C)C1. The van der Waals surface area contributed by atoms with Crippen LogP contribution >= 0.6 is 0 Å². The number of morpholine rings is 1. The van der Waals surface area contributed by atoms with Crippen LogP contribution < -0.4 is 4.90 Å².